The first-order valence-electron chi connectivity index (χ1n) is 7.31. The molecule has 1 aliphatic heterocycles. The minimum Gasteiger partial charge on any atom is -0.481 e. The van der Waals surface area contributed by atoms with Crippen molar-refractivity contribution in [1.29, 1.82) is 0 Å². The summed E-state index contributed by atoms with van der Waals surface area (Å²) < 4.78 is 0. The number of aliphatic carboxylic acids is 1. The third-order valence-electron chi connectivity index (χ3n) is 4.54. The molecule has 1 heterocycles. The van der Waals surface area contributed by atoms with Gasteiger partial charge in [0.05, 0.1) is 18.1 Å². The van der Waals surface area contributed by atoms with Crippen LogP contribution in [0, 0.1) is 5.92 Å². The second-order valence-corrected chi connectivity index (χ2v) is 6.22. The van der Waals surface area contributed by atoms with Crippen LogP contribution in [-0.2, 0) is 9.59 Å². The van der Waals surface area contributed by atoms with E-state index < -0.39 is 11.6 Å². The maximum absolute atomic E-state index is 11.8. The smallest absolute Gasteiger partial charge is 0.306 e. The normalized spacial score (nSPS) is 33.0. The summed E-state index contributed by atoms with van der Waals surface area (Å²) in [5.74, 6) is -1.00. The number of rotatable bonds is 3. The second-order valence-electron chi connectivity index (χ2n) is 6.22. The van der Waals surface area contributed by atoms with E-state index in [2.05, 4.69) is 0 Å². The fourth-order valence-corrected chi connectivity index (χ4v) is 3.16. The zero-order valence-corrected chi connectivity index (χ0v) is 12.0. The predicted octanol–water partition coefficient (Wildman–Crippen LogP) is 0.156. The molecule has 0 aromatic rings. The molecular weight excluding hydrogens is 260 g/mol. The van der Waals surface area contributed by atoms with Crippen LogP contribution in [-0.4, -0.2) is 70.7 Å². The summed E-state index contributed by atoms with van der Waals surface area (Å²) in [7, 11) is 1.80. The number of amides is 1. The first kappa shape index (κ1) is 15.3. The number of carbonyl (C=O) groups excluding carboxylic acids is 1. The Labute approximate surface area is 119 Å². The van der Waals surface area contributed by atoms with Crippen LogP contribution in [0.25, 0.3) is 0 Å². The lowest BCUT2D eigenvalue weighted by Crippen LogP contribution is -2.48. The van der Waals surface area contributed by atoms with Crippen LogP contribution >= 0.6 is 0 Å². The Kier molecular flexibility index (Phi) is 4.65. The van der Waals surface area contributed by atoms with Gasteiger partial charge in [-0.3, -0.25) is 14.5 Å². The number of carboxylic acid groups (broad SMARTS) is 1. The van der Waals surface area contributed by atoms with E-state index in [1.807, 2.05) is 4.90 Å². The van der Waals surface area contributed by atoms with Gasteiger partial charge in [0, 0.05) is 26.7 Å². The lowest BCUT2D eigenvalue weighted by Gasteiger charge is -2.38. The largest absolute Gasteiger partial charge is 0.481 e. The number of aliphatic hydroxyl groups is 1. The Balaban J connectivity index is 1.89. The number of likely N-dealkylation sites (N-methyl/N-ethyl adjacent to an activating group) is 1. The number of β-amino-alcohol motifs (C(OH)–C–C–N with tert-alkyl or cyclic N) is 1. The van der Waals surface area contributed by atoms with Crippen molar-refractivity contribution >= 4 is 11.9 Å². The number of hydrogen-bond acceptors (Lipinski definition) is 4. The highest BCUT2D eigenvalue weighted by molar-refractivity contribution is 5.78. The van der Waals surface area contributed by atoms with E-state index in [-0.39, 0.29) is 11.8 Å². The van der Waals surface area contributed by atoms with Crippen molar-refractivity contribution in [2.45, 2.75) is 37.7 Å². The van der Waals surface area contributed by atoms with Gasteiger partial charge in [0.1, 0.15) is 0 Å². The van der Waals surface area contributed by atoms with Gasteiger partial charge in [0.25, 0.3) is 0 Å². The molecule has 1 saturated heterocycles. The van der Waals surface area contributed by atoms with Gasteiger partial charge >= 0.3 is 5.97 Å². The van der Waals surface area contributed by atoms with Crippen LogP contribution in [0.5, 0.6) is 0 Å². The Bertz CT molecular complexity index is 377. The van der Waals surface area contributed by atoms with Crippen molar-refractivity contribution in [1.82, 2.24) is 9.80 Å². The summed E-state index contributed by atoms with van der Waals surface area (Å²) >= 11 is 0. The molecule has 0 aromatic carbocycles. The SMILES string of the molecule is CN1CCCN(CC2(O)CCC(C(=O)O)CC2)CC1=O. The van der Waals surface area contributed by atoms with E-state index in [1.54, 1.807) is 11.9 Å². The molecule has 0 unspecified atom stereocenters. The maximum Gasteiger partial charge on any atom is 0.306 e. The summed E-state index contributed by atoms with van der Waals surface area (Å²) in [6, 6.07) is 0. The number of carboxylic acids is 1. The first-order chi connectivity index (χ1) is 9.39. The maximum atomic E-state index is 11.8. The standard InChI is InChI=1S/C14H24N2O4/c1-15-7-2-8-16(9-12(15)17)10-14(20)5-3-11(4-6-14)13(18)19/h11,20H,2-10H2,1H3,(H,18,19). The zero-order chi connectivity index (χ0) is 14.8. The highest BCUT2D eigenvalue weighted by Crippen LogP contribution is 2.33. The van der Waals surface area contributed by atoms with Crippen molar-refractivity contribution in [2.75, 3.05) is 33.2 Å². The van der Waals surface area contributed by atoms with Gasteiger partial charge in [-0.25, -0.2) is 0 Å². The van der Waals surface area contributed by atoms with E-state index in [4.69, 9.17) is 5.11 Å². The molecule has 20 heavy (non-hydrogen) atoms. The molecule has 0 radical (unpaired) electrons. The molecule has 6 heteroatoms. The Hall–Kier alpha value is -1.14. The molecule has 1 saturated carbocycles. The van der Waals surface area contributed by atoms with Gasteiger partial charge in [-0.05, 0) is 32.1 Å². The van der Waals surface area contributed by atoms with Gasteiger partial charge in [-0.15, -0.1) is 0 Å². The Morgan fingerprint density at radius 3 is 2.60 bits per heavy atom. The lowest BCUT2D eigenvalue weighted by molar-refractivity contribution is -0.145. The molecule has 0 bridgehead atoms. The molecule has 0 atom stereocenters. The van der Waals surface area contributed by atoms with Gasteiger partial charge in [0.2, 0.25) is 5.91 Å². The van der Waals surface area contributed by atoms with Crippen LogP contribution in [0.3, 0.4) is 0 Å². The predicted molar refractivity (Wildman–Crippen MR) is 73.2 cm³/mol. The average Bonchev–Trinajstić information content (AvgIpc) is 2.52. The Morgan fingerprint density at radius 2 is 2.00 bits per heavy atom. The van der Waals surface area contributed by atoms with Crippen molar-refractivity contribution in [3.63, 3.8) is 0 Å². The third kappa shape index (κ3) is 3.70. The highest BCUT2D eigenvalue weighted by atomic mass is 16.4. The number of nitrogens with zero attached hydrogens (tertiary/aromatic N) is 2. The third-order valence-corrected chi connectivity index (χ3v) is 4.54. The van der Waals surface area contributed by atoms with Crippen LogP contribution in [0.15, 0.2) is 0 Å². The van der Waals surface area contributed by atoms with Gasteiger partial charge in [-0.1, -0.05) is 0 Å². The van der Waals surface area contributed by atoms with Crippen molar-refractivity contribution in [3.8, 4) is 0 Å². The topological polar surface area (TPSA) is 81.1 Å². The molecule has 1 amide bonds. The molecule has 114 valence electrons. The van der Waals surface area contributed by atoms with E-state index in [0.29, 0.717) is 38.8 Å². The van der Waals surface area contributed by atoms with Gasteiger partial charge in [-0.2, -0.15) is 0 Å². The second kappa shape index (κ2) is 6.10. The van der Waals surface area contributed by atoms with Crippen LogP contribution in [0.4, 0.5) is 0 Å². The molecule has 2 rings (SSSR count). The first-order valence-corrected chi connectivity index (χ1v) is 7.31. The van der Waals surface area contributed by atoms with E-state index >= 15 is 0 Å². The minimum absolute atomic E-state index is 0.0883. The summed E-state index contributed by atoms with van der Waals surface area (Å²) in [5, 5.41) is 19.6. The molecule has 0 spiro atoms. The van der Waals surface area contributed by atoms with E-state index in [1.165, 1.54) is 0 Å². The van der Waals surface area contributed by atoms with Crippen molar-refractivity contribution in [2.24, 2.45) is 5.92 Å². The fourth-order valence-electron chi connectivity index (χ4n) is 3.16. The van der Waals surface area contributed by atoms with Crippen molar-refractivity contribution in [3.05, 3.63) is 0 Å². The molecule has 0 aromatic heterocycles. The fraction of sp³-hybridized carbons (Fsp3) is 0.857. The summed E-state index contributed by atoms with van der Waals surface area (Å²) in [4.78, 5) is 26.5. The molecular formula is C14H24N2O4. The van der Waals surface area contributed by atoms with Gasteiger partial charge in [0.15, 0.2) is 0 Å². The van der Waals surface area contributed by atoms with E-state index in [0.717, 1.165) is 19.5 Å². The average molecular weight is 284 g/mol. The van der Waals surface area contributed by atoms with Crippen molar-refractivity contribution < 1.29 is 19.8 Å². The van der Waals surface area contributed by atoms with Gasteiger partial charge < -0.3 is 15.1 Å². The quantitative estimate of drug-likeness (QED) is 0.771. The molecule has 2 aliphatic rings. The van der Waals surface area contributed by atoms with Crippen LogP contribution in [0.2, 0.25) is 0 Å². The number of hydrogen-bond donors (Lipinski definition) is 2. The molecule has 6 nitrogen and oxygen atoms in total. The molecule has 2 N–H and O–H groups in total. The number of carbonyl (C=O) groups is 2. The lowest BCUT2D eigenvalue weighted by atomic mass is 9.78. The van der Waals surface area contributed by atoms with E-state index in [9.17, 15) is 14.7 Å². The summed E-state index contributed by atoms with van der Waals surface area (Å²) in [5.41, 5.74) is -0.838. The summed E-state index contributed by atoms with van der Waals surface area (Å²) in [6.45, 7) is 2.38. The van der Waals surface area contributed by atoms with Crippen LogP contribution < -0.4 is 0 Å². The minimum atomic E-state index is -0.838. The van der Waals surface area contributed by atoms with Crippen LogP contribution in [0.1, 0.15) is 32.1 Å². The Morgan fingerprint density at radius 1 is 1.35 bits per heavy atom. The monoisotopic (exact) mass is 284 g/mol. The zero-order valence-electron chi connectivity index (χ0n) is 12.0. The summed E-state index contributed by atoms with van der Waals surface area (Å²) in [6.07, 6.45) is 2.96. The molecule has 2 fully saturated rings. The highest BCUT2D eigenvalue weighted by Gasteiger charge is 2.37. The molecule has 1 aliphatic carbocycles.